The molecule has 26 heavy (non-hydrogen) atoms. The maximum absolute atomic E-state index is 12.1. The number of hydrogen-bond donors (Lipinski definition) is 3. The van der Waals surface area contributed by atoms with E-state index in [2.05, 4.69) is 10.6 Å². The summed E-state index contributed by atoms with van der Waals surface area (Å²) in [6.45, 7) is 2.28. The molecule has 0 aliphatic carbocycles. The zero-order valence-electron chi connectivity index (χ0n) is 14.6. The molecule has 0 saturated carbocycles. The highest BCUT2D eigenvalue weighted by Crippen LogP contribution is 2.12. The predicted octanol–water partition coefficient (Wildman–Crippen LogP) is 2.98. The van der Waals surface area contributed by atoms with Crippen molar-refractivity contribution in [2.24, 2.45) is 0 Å². The van der Waals surface area contributed by atoms with E-state index in [1.54, 1.807) is 30.3 Å². The Morgan fingerprint density at radius 2 is 1.65 bits per heavy atom. The number of carbonyl (C=O) groups excluding carboxylic acids is 2. The van der Waals surface area contributed by atoms with Crippen LogP contribution in [0.3, 0.4) is 0 Å². The van der Waals surface area contributed by atoms with E-state index in [-0.39, 0.29) is 23.8 Å². The fourth-order valence-electron chi connectivity index (χ4n) is 2.48. The number of carboxylic acids is 1. The van der Waals surface area contributed by atoms with Crippen molar-refractivity contribution in [2.75, 3.05) is 5.32 Å². The lowest BCUT2D eigenvalue weighted by Crippen LogP contribution is -2.25. The van der Waals surface area contributed by atoms with Crippen molar-refractivity contribution < 1.29 is 19.5 Å². The molecule has 2 rings (SSSR count). The van der Waals surface area contributed by atoms with Crippen LogP contribution in [-0.4, -0.2) is 22.9 Å². The highest BCUT2D eigenvalue weighted by molar-refractivity contribution is 5.92. The maximum Gasteiger partial charge on any atom is 0.335 e. The Bertz CT molecular complexity index is 785. The Kier molecular flexibility index (Phi) is 6.91. The van der Waals surface area contributed by atoms with E-state index >= 15 is 0 Å². The van der Waals surface area contributed by atoms with Gasteiger partial charge in [-0.3, -0.25) is 9.59 Å². The topological polar surface area (TPSA) is 95.5 Å². The molecule has 136 valence electrons. The Balaban J connectivity index is 1.88. The molecule has 0 fully saturated rings. The summed E-state index contributed by atoms with van der Waals surface area (Å²) >= 11 is 0. The number of hydrogen-bond acceptors (Lipinski definition) is 3. The SMILES string of the molecule is CCCC(=O)Nc1ccc(CNC(=O)Cc2ccccc2C(=O)O)cc1. The van der Waals surface area contributed by atoms with Crippen molar-refractivity contribution >= 4 is 23.5 Å². The van der Waals surface area contributed by atoms with Crippen molar-refractivity contribution in [3.63, 3.8) is 0 Å². The lowest BCUT2D eigenvalue weighted by atomic mass is 10.0. The summed E-state index contributed by atoms with van der Waals surface area (Å²) in [6, 6.07) is 13.7. The van der Waals surface area contributed by atoms with E-state index in [4.69, 9.17) is 5.11 Å². The van der Waals surface area contributed by atoms with E-state index in [1.165, 1.54) is 6.07 Å². The first-order valence-electron chi connectivity index (χ1n) is 8.46. The standard InChI is InChI=1S/C20H22N2O4/c1-2-5-18(23)22-16-10-8-14(9-11-16)13-21-19(24)12-15-6-3-4-7-17(15)20(25)26/h3-4,6-11H,2,5,12-13H2,1H3,(H,21,24)(H,22,23)(H,25,26). The summed E-state index contributed by atoms with van der Waals surface area (Å²) in [5.74, 6) is -1.32. The molecule has 0 aliphatic heterocycles. The van der Waals surface area contributed by atoms with Gasteiger partial charge in [-0.15, -0.1) is 0 Å². The summed E-state index contributed by atoms with van der Waals surface area (Å²) in [6.07, 6.45) is 1.28. The van der Waals surface area contributed by atoms with Crippen LogP contribution in [0, 0.1) is 0 Å². The number of anilines is 1. The summed E-state index contributed by atoms with van der Waals surface area (Å²) < 4.78 is 0. The second kappa shape index (κ2) is 9.36. The molecule has 6 heteroatoms. The molecule has 2 aromatic carbocycles. The molecule has 0 heterocycles. The first-order valence-corrected chi connectivity index (χ1v) is 8.46. The van der Waals surface area contributed by atoms with Crippen molar-refractivity contribution in [3.8, 4) is 0 Å². The lowest BCUT2D eigenvalue weighted by Gasteiger charge is -2.09. The zero-order valence-corrected chi connectivity index (χ0v) is 14.6. The first-order chi connectivity index (χ1) is 12.5. The van der Waals surface area contributed by atoms with Gasteiger partial charge in [0.1, 0.15) is 0 Å². The van der Waals surface area contributed by atoms with Crippen LogP contribution >= 0.6 is 0 Å². The summed E-state index contributed by atoms with van der Waals surface area (Å²) in [4.78, 5) is 34.8. The number of carboxylic acid groups (broad SMARTS) is 1. The molecule has 6 nitrogen and oxygen atoms in total. The largest absolute Gasteiger partial charge is 0.478 e. The highest BCUT2D eigenvalue weighted by atomic mass is 16.4. The van der Waals surface area contributed by atoms with Crippen LogP contribution in [0.2, 0.25) is 0 Å². The molecular weight excluding hydrogens is 332 g/mol. The molecule has 0 saturated heterocycles. The van der Waals surface area contributed by atoms with Gasteiger partial charge in [-0.1, -0.05) is 37.3 Å². The second-order valence-corrected chi connectivity index (χ2v) is 5.91. The third kappa shape index (κ3) is 5.73. The minimum atomic E-state index is -1.05. The fourth-order valence-corrected chi connectivity index (χ4v) is 2.48. The number of nitrogens with one attached hydrogen (secondary N) is 2. The minimum Gasteiger partial charge on any atom is -0.478 e. The third-order valence-electron chi connectivity index (χ3n) is 3.80. The van der Waals surface area contributed by atoms with Crippen LogP contribution in [0.15, 0.2) is 48.5 Å². The van der Waals surface area contributed by atoms with Gasteiger partial charge < -0.3 is 15.7 Å². The minimum absolute atomic E-state index is 0.00757. The monoisotopic (exact) mass is 354 g/mol. The van der Waals surface area contributed by atoms with Gasteiger partial charge in [0, 0.05) is 18.7 Å². The summed E-state index contributed by atoms with van der Waals surface area (Å²) in [5, 5.41) is 14.7. The predicted molar refractivity (Wildman–Crippen MR) is 98.9 cm³/mol. The van der Waals surface area contributed by atoms with Gasteiger partial charge in [-0.2, -0.15) is 0 Å². The van der Waals surface area contributed by atoms with Gasteiger partial charge in [0.15, 0.2) is 0 Å². The second-order valence-electron chi connectivity index (χ2n) is 5.91. The van der Waals surface area contributed by atoms with Crippen molar-refractivity contribution in [1.82, 2.24) is 5.32 Å². The average molecular weight is 354 g/mol. The van der Waals surface area contributed by atoms with Crippen LogP contribution in [-0.2, 0) is 22.6 Å². The summed E-state index contributed by atoms with van der Waals surface area (Å²) in [7, 11) is 0. The van der Waals surface area contributed by atoms with Crippen molar-refractivity contribution in [1.29, 1.82) is 0 Å². The van der Waals surface area contributed by atoms with Gasteiger partial charge in [0.2, 0.25) is 11.8 Å². The van der Waals surface area contributed by atoms with Gasteiger partial charge >= 0.3 is 5.97 Å². The van der Waals surface area contributed by atoms with Crippen LogP contribution in [0.1, 0.15) is 41.3 Å². The van der Waals surface area contributed by atoms with Gasteiger partial charge in [0.25, 0.3) is 0 Å². The third-order valence-corrected chi connectivity index (χ3v) is 3.80. The molecule has 0 unspecified atom stereocenters. The molecule has 0 radical (unpaired) electrons. The van der Waals surface area contributed by atoms with Crippen LogP contribution in [0.4, 0.5) is 5.69 Å². The highest BCUT2D eigenvalue weighted by Gasteiger charge is 2.12. The number of amides is 2. The molecule has 3 N–H and O–H groups in total. The van der Waals surface area contributed by atoms with Crippen molar-refractivity contribution in [3.05, 3.63) is 65.2 Å². The van der Waals surface area contributed by atoms with Gasteiger partial charge in [-0.05, 0) is 35.7 Å². The molecule has 2 amide bonds. The van der Waals surface area contributed by atoms with Crippen LogP contribution in [0.25, 0.3) is 0 Å². The normalized spacial score (nSPS) is 10.2. The zero-order chi connectivity index (χ0) is 18.9. The Morgan fingerprint density at radius 1 is 0.962 bits per heavy atom. The number of aromatic carboxylic acids is 1. The molecule has 0 aromatic heterocycles. The smallest absolute Gasteiger partial charge is 0.335 e. The number of carbonyl (C=O) groups is 3. The molecular formula is C20H22N2O4. The Hall–Kier alpha value is -3.15. The first kappa shape index (κ1) is 19.2. The van der Waals surface area contributed by atoms with Crippen LogP contribution in [0.5, 0.6) is 0 Å². The van der Waals surface area contributed by atoms with Crippen molar-refractivity contribution in [2.45, 2.75) is 32.7 Å². The molecule has 0 atom stereocenters. The summed E-state index contributed by atoms with van der Waals surface area (Å²) in [5.41, 5.74) is 2.22. The van der Waals surface area contributed by atoms with E-state index < -0.39 is 5.97 Å². The van der Waals surface area contributed by atoms with E-state index in [9.17, 15) is 14.4 Å². The van der Waals surface area contributed by atoms with Crippen LogP contribution < -0.4 is 10.6 Å². The van der Waals surface area contributed by atoms with Gasteiger partial charge in [0.05, 0.1) is 12.0 Å². The molecule has 2 aromatic rings. The Morgan fingerprint density at radius 3 is 2.31 bits per heavy atom. The molecule has 0 aliphatic rings. The van der Waals surface area contributed by atoms with Gasteiger partial charge in [-0.25, -0.2) is 4.79 Å². The lowest BCUT2D eigenvalue weighted by molar-refractivity contribution is -0.120. The van der Waals surface area contributed by atoms with E-state index in [1.807, 2.05) is 19.1 Å². The maximum atomic E-state index is 12.1. The number of benzene rings is 2. The fraction of sp³-hybridized carbons (Fsp3) is 0.250. The molecule has 0 spiro atoms. The number of rotatable bonds is 8. The average Bonchev–Trinajstić information content (AvgIpc) is 2.61. The quantitative estimate of drug-likeness (QED) is 0.679. The van der Waals surface area contributed by atoms with E-state index in [0.717, 1.165) is 12.0 Å². The molecule has 0 bridgehead atoms. The van der Waals surface area contributed by atoms with E-state index in [0.29, 0.717) is 24.2 Å². The Labute approximate surface area is 152 Å².